The van der Waals surface area contributed by atoms with Gasteiger partial charge in [-0.2, -0.15) is 0 Å². The molecule has 0 spiro atoms. The molecule has 0 aliphatic carbocycles. The lowest BCUT2D eigenvalue weighted by Gasteiger charge is -2.28. The highest BCUT2D eigenvalue weighted by atomic mass is 32.2. The van der Waals surface area contributed by atoms with Crippen molar-refractivity contribution < 1.29 is 17.9 Å². The molecule has 10 heteroatoms. The van der Waals surface area contributed by atoms with Crippen molar-refractivity contribution >= 4 is 21.7 Å². The Hall–Kier alpha value is -1.68. The molecule has 118 valence electrons. The molecule has 1 saturated heterocycles. The zero-order valence-corrected chi connectivity index (χ0v) is 12.6. The summed E-state index contributed by atoms with van der Waals surface area (Å²) in [4.78, 5) is 17.7. The summed E-state index contributed by atoms with van der Waals surface area (Å²) in [5.74, 6) is -0.0131. The lowest BCUT2D eigenvalue weighted by Crippen LogP contribution is -2.44. The summed E-state index contributed by atoms with van der Waals surface area (Å²) in [6, 6.07) is -0.307. The number of rotatable bonds is 6. The number of anilines is 1. The van der Waals surface area contributed by atoms with Gasteiger partial charge in [0.2, 0.25) is 11.9 Å². The molecule has 2 heterocycles. The molecule has 1 unspecified atom stereocenters. The van der Waals surface area contributed by atoms with Crippen molar-refractivity contribution in [2.24, 2.45) is 0 Å². The van der Waals surface area contributed by atoms with Gasteiger partial charge in [0.05, 0.1) is 18.1 Å². The molecular weight excluding hydrogens is 298 g/mol. The van der Waals surface area contributed by atoms with Crippen LogP contribution in [0.5, 0.6) is 0 Å². The molecule has 9 nitrogen and oxygen atoms in total. The van der Waals surface area contributed by atoms with Crippen LogP contribution in [0.25, 0.3) is 0 Å². The first-order chi connectivity index (χ1) is 9.91. The fourth-order valence-electron chi connectivity index (χ4n) is 2.34. The number of nitrogens with two attached hydrogens (primary N) is 1. The van der Waals surface area contributed by atoms with E-state index in [9.17, 15) is 13.2 Å². The zero-order chi connectivity index (χ0) is 15.5. The van der Waals surface area contributed by atoms with E-state index in [1.807, 2.05) is 0 Å². The number of ether oxygens (including phenoxy) is 1. The van der Waals surface area contributed by atoms with Crippen LogP contribution in [0.15, 0.2) is 6.33 Å². The van der Waals surface area contributed by atoms with Gasteiger partial charge in [-0.25, -0.2) is 18.1 Å². The molecule has 0 saturated carbocycles. The molecule has 0 aromatic carbocycles. The van der Waals surface area contributed by atoms with Gasteiger partial charge in [-0.15, -0.1) is 5.10 Å². The van der Waals surface area contributed by atoms with E-state index in [2.05, 4.69) is 10.1 Å². The van der Waals surface area contributed by atoms with E-state index in [4.69, 9.17) is 10.5 Å². The highest BCUT2D eigenvalue weighted by Crippen LogP contribution is 2.18. The first-order valence-corrected chi connectivity index (χ1v) is 8.37. The quantitative estimate of drug-likeness (QED) is 0.679. The minimum absolute atomic E-state index is 0.00193. The van der Waals surface area contributed by atoms with Crippen LogP contribution in [0.2, 0.25) is 0 Å². The van der Waals surface area contributed by atoms with Crippen LogP contribution in [0, 0.1) is 0 Å². The predicted molar refractivity (Wildman–Crippen MR) is 75.1 cm³/mol. The molecule has 0 radical (unpaired) electrons. The first-order valence-electron chi connectivity index (χ1n) is 6.55. The van der Waals surface area contributed by atoms with Crippen LogP contribution in [0.3, 0.4) is 0 Å². The molecule has 2 rings (SSSR count). The number of carbonyl (C=O) groups is 1. The Bertz CT molecular complexity index is 600. The average Bonchev–Trinajstić information content (AvgIpc) is 2.96. The Morgan fingerprint density at radius 3 is 2.90 bits per heavy atom. The minimum Gasteiger partial charge on any atom is -0.383 e. The maximum absolute atomic E-state index is 12.4. The van der Waals surface area contributed by atoms with E-state index in [0.717, 1.165) is 0 Å². The van der Waals surface area contributed by atoms with Crippen molar-refractivity contribution in [2.75, 3.05) is 37.5 Å². The number of nitrogens with zero attached hydrogens (tertiary/aromatic N) is 4. The maximum Gasteiger partial charge on any atom is 0.244 e. The molecule has 1 aromatic heterocycles. The Balaban J connectivity index is 2.06. The minimum atomic E-state index is -3.06. The van der Waals surface area contributed by atoms with E-state index in [1.54, 1.807) is 4.90 Å². The Labute approximate surface area is 123 Å². The molecule has 1 aromatic rings. The average molecular weight is 317 g/mol. The molecule has 2 N–H and O–H groups in total. The smallest absolute Gasteiger partial charge is 0.244 e. The number of hydrogen-bond donors (Lipinski definition) is 1. The van der Waals surface area contributed by atoms with E-state index in [-0.39, 0.29) is 35.9 Å². The fourth-order valence-corrected chi connectivity index (χ4v) is 4.07. The summed E-state index contributed by atoms with van der Waals surface area (Å²) in [5.41, 5.74) is 5.40. The Morgan fingerprint density at radius 2 is 2.38 bits per heavy atom. The number of nitrogen functional groups attached to an aromatic ring is 1. The van der Waals surface area contributed by atoms with Gasteiger partial charge in [0.1, 0.15) is 12.9 Å². The van der Waals surface area contributed by atoms with Crippen molar-refractivity contribution in [3.8, 4) is 0 Å². The third-order valence-corrected chi connectivity index (χ3v) is 5.11. The van der Waals surface area contributed by atoms with Gasteiger partial charge in [0.15, 0.2) is 9.84 Å². The van der Waals surface area contributed by atoms with Crippen LogP contribution in [0.1, 0.15) is 6.42 Å². The third kappa shape index (κ3) is 4.14. The number of sulfone groups is 1. The Morgan fingerprint density at radius 1 is 1.62 bits per heavy atom. The normalized spacial score (nSPS) is 20.5. The van der Waals surface area contributed by atoms with Crippen LogP contribution in [-0.4, -0.2) is 71.8 Å². The van der Waals surface area contributed by atoms with Crippen molar-refractivity contribution in [1.29, 1.82) is 0 Å². The molecule has 1 atom stereocenters. The van der Waals surface area contributed by atoms with Gasteiger partial charge in [-0.3, -0.25) is 4.79 Å². The van der Waals surface area contributed by atoms with Crippen molar-refractivity contribution in [1.82, 2.24) is 19.7 Å². The van der Waals surface area contributed by atoms with Crippen molar-refractivity contribution in [3.63, 3.8) is 0 Å². The second-order valence-electron chi connectivity index (χ2n) is 4.94. The lowest BCUT2D eigenvalue weighted by atomic mass is 10.2. The second-order valence-corrected chi connectivity index (χ2v) is 7.17. The predicted octanol–water partition coefficient (Wildman–Crippen LogP) is -1.48. The van der Waals surface area contributed by atoms with Gasteiger partial charge in [0.25, 0.3) is 0 Å². The molecule has 0 bridgehead atoms. The maximum atomic E-state index is 12.4. The number of aromatic nitrogens is 3. The van der Waals surface area contributed by atoms with Crippen molar-refractivity contribution in [3.05, 3.63) is 6.33 Å². The summed E-state index contributed by atoms with van der Waals surface area (Å²) in [6.45, 7) is 0.673. The van der Waals surface area contributed by atoms with Gasteiger partial charge in [-0.1, -0.05) is 0 Å². The van der Waals surface area contributed by atoms with E-state index >= 15 is 0 Å². The molecule has 21 heavy (non-hydrogen) atoms. The third-order valence-electron chi connectivity index (χ3n) is 3.36. The van der Waals surface area contributed by atoms with E-state index < -0.39 is 9.84 Å². The summed E-state index contributed by atoms with van der Waals surface area (Å²) < 4.78 is 29.5. The van der Waals surface area contributed by atoms with Crippen LogP contribution >= 0.6 is 0 Å². The van der Waals surface area contributed by atoms with Crippen LogP contribution in [-0.2, 0) is 25.9 Å². The van der Waals surface area contributed by atoms with Crippen LogP contribution < -0.4 is 5.73 Å². The van der Waals surface area contributed by atoms with E-state index in [0.29, 0.717) is 19.6 Å². The largest absolute Gasteiger partial charge is 0.383 e. The standard InChI is InChI=1S/C11H19N5O4S/c1-20-4-3-16(9-2-5-21(18,19)7-9)10(17)6-15-8-13-11(12)14-15/h8-9H,2-7H2,1H3,(H2,12,14). The monoisotopic (exact) mass is 317 g/mol. The first kappa shape index (κ1) is 15.7. The topological polar surface area (TPSA) is 120 Å². The Kier molecular flexibility index (Phi) is 4.78. The summed E-state index contributed by atoms with van der Waals surface area (Å²) in [6.07, 6.45) is 1.82. The van der Waals surface area contributed by atoms with Crippen molar-refractivity contribution in [2.45, 2.75) is 19.0 Å². The number of amides is 1. The molecule has 1 fully saturated rings. The molecule has 1 amide bonds. The summed E-state index contributed by atoms with van der Waals surface area (Å²) in [7, 11) is -1.52. The SMILES string of the molecule is COCCN(C(=O)Cn1cnc(N)n1)C1CCS(=O)(=O)C1. The van der Waals surface area contributed by atoms with E-state index in [1.165, 1.54) is 18.1 Å². The molecule has 1 aliphatic rings. The zero-order valence-electron chi connectivity index (χ0n) is 11.8. The number of carbonyl (C=O) groups excluding carboxylic acids is 1. The second kappa shape index (κ2) is 6.39. The molecular formula is C11H19N5O4S. The summed E-state index contributed by atoms with van der Waals surface area (Å²) in [5, 5.41) is 3.85. The number of hydrogen-bond acceptors (Lipinski definition) is 7. The lowest BCUT2D eigenvalue weighted by molar-refractivity contribution is -0.134. The van der Waals surface area contributed by atoms with Crippen LogP contribution in [0.4, 0.5) is 5.95 Å². The number of methoxy groups -OCH3 is 1. The highest BCUT2D eigenvalue weighted by Gasteiger charge is 2.34. The molecule has 1 aliphatic heterocycles. The highest BCUT2D eigenvalue weighted by molar-refractivity contribution is 7.91. The van der Waals surface area contributed by atoms with Gasteiger partial charge >= 0.3 is 0 Å². The fraction of sp³-hybridized carbons (Fsp3) is 0.727. The van der Waals surface area contributed by atoms with Gasteiger partial charge in [-0.05, 0) is 6.42 Å². The van der Waals surface area contributed by atoms with Gasteiger partial charge in [0, 0.05) is 19.7 Å². The summed E-state index contributed by atoms with van der Waals surface area (Å²) >= 11 is 0. The van der Waals surface area contributed by atoms with Gasteiger partial charge < -0.3 is 15.4 Å².